The van der Waals surface area contributed by atoms with E-state index in [1.807, 2.05) is 6.07 Å². The zero-order chi connectivity index (χ0) is 9.47. The lowest BCUT2D eigenvalue weighted by Gasteiger charge is -2.18. The van der Waals surface area contributed by atoms with Gasteiger partial charge in [-0.15, -0.1) is 0 Å². The van der Waals surface area contributed by atoms with Crippen molar-refractivity contribution in [2.45, 2.75) is 32.1 Å². The van der Waals surface area contributed by atoms with Crippen LogP contribution in [0, 0.1) is 0 Å². The van der Waals surface area contributed by atoms with Crippen LogP contribution in [0.2, 0.25) is 0 Å². The maximum Gasteiger partial charge on any atom is 0.213 e. The summed E-state index contributed by atoms with van der Waals surface area (Å²) in [6, 6.07) is 4.10. The Bertz CT molecular complexity index is 331. The van der Waals surface area contributed by atoms with Crippen LogP contribution in [0.5, 0.6) is 5.88 Å². The monoisotopic (exact) mass is 177 g/mol. The molecule has 13 heavy (non-hydrogen) atoms. The number of aromatic nitrogens is 1. The van der Waals surface area contributed by atoms with Crippen molar-refractivity contribution in [3.8, 4) is 5.88 Å². The molecule has 2 rings (SSSR count). The molecule has 0 bridgehead atoms. The zero-order valence-electron chi connectivity index (χ0n) is 8.42. The van der Waals surface area contributed by atoms with Gasteiger partial charge < -0.3 is 4.74 Å². The van der Waals surface area contributed by atoms with Crippen LogP contribution in [-0.4, -0.2) is 12.1 Å². The Morgan fingerprint density at radius 3 is 2.85 bits per heavy atom. The first kappa shape index (κ1) is 8.54. The van der Waals surface area contributed by atoms with Crippen LogP contribution in [-0.2, 0) is 11.8 Å². The molecular formula is C11H15NO. The van der Waals surface area contributed by atoms with Crippen LogP contribution in [0.3, 0.4) is 0 Å². The number of pyridine rings is 1. The van der Waals surface area contributed by atoms with Gasteiger partial charge in [0.05, 0.1) is 7.11 Å². The fourth-order valence-electron chi connectivity index (χ4n) is 1.97. The van der Waals surface area contributed by atoms with E-state index in [0.29, 0.717) is 5.41 Å². The molecule has 1 aromatic heterocycles. The molecule has 0 radical (unpaired) electrons. The van der Waals surface area contributed by atoms with Gasteiger partial charge in [0.25, 0.3) is 0 Å². The Labute approximate surface area is 78.9 Å². The average Bonchev–Trinajstić information content (AvgIpc) is 2.42. The molecule has 0 saturated carbocycles. The Balaban J connectivity index is 2.46. The lowest BCUT2D eigenvalue weighted by atomic mass is 9.87. The summed E-state index contributed by atoms with van der Waals surface area (Å²) in [4.78, 5) is 4.45. The maximum absolute atomic E-state index is 5.10. The normalized spacial score (nSPS) is 18.4. The largest absolute Gasteiger partial charge is 0.481 e. The molecule has 2 heteroatoms. The van der Waals surface area contributed by atoms with Crippen molar-refractivity contribution < 1.29 is 4.74 Å². The topological polar surface area (TPSA) is 22.1 Å². The molecule has 0 saturated heterocycles. The lowest BCUT2D eigenvalue weighted by molar-refractivity contribution is 0.396. The number of methoxy groups -OCH3 is 1. The van der Waals surface area contributed by atoms with Gasteiger partial charge in [-0.3, -0.25) is 0 Å². The standard InChI is InChI=1S/C11H15NO/c1-11(2)7-6-9-8(11)4-5-10(12-9)13-3/h4-5H,6-7H2,1-3H3. The van der Waals surface area contributed by atoms with Crippen LogP contribution < -0.4 is 4.74 Å². The molecule has 0 atom stereocenters. The average molecular weight is 177 g/mol. The molecule has 0 spiro atoms. The number of hydrogen-bond donors (Lipinski definition) is 0. The minimum atomic E-state index is 0.300. The van der Waals surface area contributed by atoms with Crippen molar-refractivity contribution in [3.63, 3.8) is 0 Å². The third kappa shape index (κ3) is 1.30. The molecule has 70 valence electrons. The predicted octanol–water partition coefficient (Wildman–Crippen LogP) is 2.31. The molecule has 2 nitrogen and oxygen atoms in total. The van der Waals surface area contributed by atoms with Gasteiger partial charge in [-0.2, -0.15) is 0 Å². The fraction of sp³-hybridized carbons (Fsp3) is 0.545. The summed E-state index contributed by atoms with van der Waals surface area (Å²) in [6.45, 7) is 4.54. The minimum absolute atomic E-state index is 0.300. The van der Waals surface area contributed by atoms with Crippen molar-refractivity contribution in [2.24, 2.45) is 0 Å². The molecule has 1 aliphatic rings. The van der Waals surface area contributed by atoms with Gasteiger partial charge in [0.2, 0.25) is 5.88 Å². The van der Waals surface area contributed by atoms with Crippen molar-refractivity contribution >= 4 is 0 Å². The fourth-order valence-corrected chi connectivity index (χ4v) is 1.97. The highest BCUT2D eigenvalue weighted by molar-refractivity contribution is 5.36. The van der Waals surface area contributed by atoms with E-state index in [0.717, 1.165) is 12.3 Å². The number of ether oxygens (including phenoxy) is 1. The number of hydrogen-bond acceptors (Lipinski definition) is 2. The second kappa shape index (κ2) is 2.72. The summed E-state index contributed by atoms with van der Waals surface area (Å²) in [5, 5.41) is 0. The minimum Gasteiger partial charge on any atom is -0.481 e. The molecule has 1 aromatic rings. The first-order chi connectivity index (χ1) is 6.13. The van der Waals surface area contributed by atoms with E-state index in [2.05, 4.69) is 24.9 Å². The van der Waals surface area contributed by atoms with Gasteiger partial charge in [-0.1, -0.05) is 19.9 Å². The first-order valence-corrected chi connectivity index (χ1v) is 4.68. The number of aryl methyl sites for hydroxylation is 1. The Morgan fingerprint density at radius 1 is 1.38 bits per heavy atom. The molecule has 0 amide bonds. The van der Waals surface area contributed by atoms with Crippen molar-refractivity contribution in [2.75, 3.05) is 7.11 Å². The second-order valence-electron chi connectivity index (χ2n) is 4.23. The molecule has 1 aliphatic carbocycles. The lowest BCUT2D eigenvalue weighted by Crippen LogP contribution is -2.11. The quantitative estimate of drug-likeness (QED) is 0.656. The third-order valence-electron chi connectivity index (χ3n) is 2.87. The summed E-state index contributed by atoms with van der Waals surface area (Å²) in [5.74, 6) is 0.733. The summed E-state index contributed by atoms with van der Waals surface area (Å²) < 4.78 is 5.10. The molecule has 0 unspecified atom stereocenters. The van der Waals surface area contributed by atoms with E-state index in [1.54, 1.807) is 7.11 Å². The van der Waals surface area contributed by atoms with Crippen LogP contribution in [0.15, 0.2) is 12.1 Å². The summed E-state index contributed by atoms with van der Waals surface area (Å²) in [6.07, 6.45) is 2.28. The second-order valence-corrected chi connectivity index (χ2v) is 4.23. The molecule has 1 heterocycles. The summed E-state index contributed by atoms with van der Waals surface area (Å²) >= 11 is 0. The van der Waals surface area contributed by atoms with E-state index in [4.69, 9.17) is 4.74 Å². The van der Waals surface area contributed by atoms with E-state index in [9.17, 15) is 0 Å². The van der Waals surface area contributed by atoms with Crippen LogP contribution in [0.4, 0.5) is 0 Å². The van der Waals surface area contributed by atoms with Crippen LogP contribution in [0.1, 0.15) is 31.5 Å². The van der Waals surface area contributed by atoms with Crippen molar-refractivity contribution in [1.82, 2.24) is 4.98 Å². The van der Waals surface area contributed by atoms with Crippen LogP contribution in [0.25, 0.3) is 0 Å². The van der Waals surface area contributed by atoms with Gasteiger partial charge >= 0.3 is 0 Å². The van der Waals surface area contributed by atoms with E-state index >= 15 is 0 Å². The Kier molecular flexibility index (Phi) is 1.79. The number of nitrogens with zero attached hydrogens (tertiary/aromatic N) is 1. The third-order valence-corrected chi connectivity index (χ3v) is 2.87. The van der Waals surface area contributed by atoms with Gasteiger partial charge in [-0.25, -0.2) is 4.98 Å². The highest BCUT2D eigenvalue weighted by atomic mass is 16.5. The predicted molar refractivity (Wildman–Crippen MR) is 52.1 cm³/mol. The first-order valence-electron chi connectivity index (χ1n) is 4.68. The van der Waals surface area contributed by atoms with E-state index in [1.165, 1.54) is 17.7 Å². The van der Waals surface area contributed by atoms with Gasteiger partial charge in [0.15, 0.2) is 0 Å². The molecule has 0 aromatic carbocycles. The van der Waals surface area contributed by atoms with Gasteiger partial charge in [0, 0.05) is 11.8 Å². The van der Waals surface area contributed by atoms with E-state index < -0.39 is 0 Å². The van der Waals surface area contributed by atoms with Crippen molar-refractivity contribution in [1.29, 1.82) is 0 Å². The maximum atomic E-state index is 5.10. The SMILES string of the molecule is COc1ccc2c(n1)CCC2(C)C. The molecule has 0 aliphatic heterocycles. The number of rotatable bonds is 1. The molecule has 0 N–H and O–H groups in total. The van der Waals surface area contributed by atoms with E-state index in [-0.39, 0.29) is 0 Å². The highest BCUT2D eigenvalue weighted by Crippen LogP contribution is 2.37. The summed E-state index contributed by atoms with van der Waals surface area (Å²) in [7, 11) is 1.66. The van der Waals surface area contributed by atoms with Gasteiger partial charge in [0.1, 0.15) is 0 Å². The molecular weight excluding hydrogens is 162 g/mol. The summed E-state index contributed by atoms with van der Waals surface area (Å²) in [5.41, 5.74) is 2.90. The highest BCUT2D eigenvalue weighted by Gasteiger charge is 2.30. The smallest absolute Gasteiger partial charge is 0.213 e. The Morgan fingerprint density at radius 2 is 2.15 bits per heavy atom. The van der Waals surface area contributed by atoms with Gasteiger partial charge in [-0.05, 0) is 23.8 Å². The number of fused-ring (bicyclic) bond motifs is 1. The zero-order valence-corrected chi connectivity index (χ0v) is 8.42. The van der Waals surface area contributed by atoms with Crippen molar-refractivity contribution in [3.05, 3.63) is 23.4 Å². The van der Waals surface area contributed by atoms with Crippen LogP contribution >= 0.6 is 0 Å². The Hall–Kier alpha value is -1.05. The molecule has 0 fully saturated rings.